The summed E-state index contributed by atoms with van der Waals surface area (Å²) in [4.78, 5) is 11.5. The molecule has 0 radical (unpaired) electrons. The molecule has 138 valence electrons. The Hall–Kier alpha value is -2.22. The molecule has 1 saturated heterocycles. The lowest BCUT2D eigenvalue weighted by molar-refractivity contribution is 0.150. The third kappa shape index (κ3) is 3.95. The Balaban J connectivity index is 0.00000196. The lowest BCUT2D eigenvalue weighted by atomic mass is 10.1. The van der Waals surface area contributed by atoms with E-state index in [1.54, 1.807) is 0 Å². The average Bonchev–Trinajstić information content (AvgIpc) is 3.30. The molecule has 2 aromatic heterocycles. The van der Waals surface area contributed by atoms with Crippen LogP contribution in [0.1, 0.15) is 17.8 Å². The Bertz CT molecular complexity index is 818. The van der Waals surface area contributed by atoms with Gasteiger partial charge in [-0.15, -0.1) is 12.4 Å². The molecule has 4 rings (SSSR count). The van der Waals surface area contributed by atoms with Crippen molar-refractivity contribution < 1.29 is 4.52 Å². The van der Waals surface area contributed by atoms with Crippen LogP contribution in [0.15, 0.2) is 47.2 Å². The molecule has 8 heteroatoms. The summed E-state index contributed by atoms with van der Waals surface area (Å²) in [5, 5.41) is 7.56. The molecular formula is C18H23ClN6O. The topological polar surface area (TPSA) is 72.0 Å². The molecule has 0 aliphatic carbocycles. The van der Waals surface area contributed by atoms with Gasteiger partial charge in [-0.3, -0.25) is 4.90 Å². The summed E-state index contributed by atoms with van der Waals surface area (Å²) in [6.07, 6.45) is 4.58. The van der Waals surface area contributed by atoms with Crippen molar-refractivity contribution in [1.82, 2.24) is 29.9 Å². The SMILES string of the molecule is Cl.Cn1ccnc1C1CNCCN1CCc1nc(-c2ccccc2)no1. The predicted molar refractivity (Wildman–Crippen MR) is 101 cm³/mol. The zero-order valence-electron chi connectivity index (χ0n) is 14.7. The van der Waals surface area contributed by atoms with E-state index in [1.165, 1.54) is 0 Å². The van der Waals surface area contributed by atoms with Crippen LogP contribution in [0.5, 0.6) is 0 Å². The molecule has 26 heavy (non-hydrogen) atoms. The number of hydrogen-bond donors (Lipinski definition) is 1. The third-order valence-corrected chi connectivity index (χ3v) is 4.62. The summed E-state index contributed by atoms with van der Waals surface area (Å²) in [5.74, 6) is 2.41. The van der Waals surface area contributed by atoms with E-state index in [9.17, 15) is 0 Å². The number of nitrogens with zero attached hydrogens (tertiary/aromatic N) is 5. The molecule has 1 aliphatic heterocycles. The second kappa shape index (κ2) is 8.44. The first-order valence-electron chi connectivity index (χ1n) is 8.61. The second-order valence-electron chi connectivity index (χ2n) is 6.28. The maximum Gasteiger partial charge on any atom is 0.228 e. The molecule has 0 bridgehead atoms. The number of hydrogen-bond acceptors (Lipinski definition) is 6. The van der Waals surface area contributed by atoms with E-state index in [0.29, 0.717) is 11.7 Å². The molecule has 3 aromatic rings. The van der Waals surface area contributed by atoms with Crippen LogP contribution in [0.3, 0.4) is 0 Å². The highest BCUT2D eigenvalue weighted by Crippen LogP contribution is 2.21. The van der Waals surface area contributed by atoms with E-state index in [0.717, 1.165) is 44.0 Å². The molecule has 1 unspecified atom stereocenters. The summed E-state index contributed by atoms with van der Waals surface area (Å²) in [6, 6.07) is 10.2. The lowest BCUT2D eigenvalue weighted by Gasteiger charge is -2.35. The van der Waals surface area contributed by atoms with E-state index in [4.69, 9.17) is 4.52 Å². The zero-order valence-corrected chi connectivity index (χ0v) is 15.5. The van der Waals surface area contributed by atoms with Gasteiger partial charge in [-0.1, -0.05) is 35.5 Å². The maximum atomic E-state index is 5.44. The van der Waals surface area contributed by atoms with Gasteiger partial charge in [0.2, 0.25) is 11.7 Å². The highest BCUT2D eigenvalue weighted by atomic mass is 35.5. The van der Waals surface area contributed by atoms with E-state index in [-0.39, 0.29) is 18.4 Å². The van der Waals surface area contributed by atoms with Crippen molar-refractivity contribution in [2.45, 2.75) is 12.5 Å². The number of aromatic nitrogens is 4. The van der Waals surface area contributed by atoms with Gasteiger partial charge in [0, 0.05) is 57.6 Å². The fraction of sp³-hybridized carbons (Fsp3) is 0.389. The Morgan fingerprint density at radius 3 is 2.88 bits per heavy atom. The van der Waals surface area contributed by atoms with Crippen molar-refractivity contribution in [2.24, 2.45) is 7.05 Å². The van der Waals surface area contributed by atoms with Crippen LogP contribution in [0, 0.1) is 0 Å². The average molecular weight is 375 g/mol. The van der Waals surface area contributed by atoms with Gasteiger partial charge in [0.05, 0.1) is 6.04 Å². The normalized spacial score (nSPS) is 17.8. The van der Waals surface area contributed by atoms with Gasteiger partial charge >= 0.3 is 0 Å². The molecule has 7 nitrogen and oxygen atoms in total. The first kappa shape index (κ1) is 18.6. The molecule has 0 saturated carbocycles. The number of imidazole rings is 1. The molecule has 1 aliphatic rings. The van der Waals surface area contributed by atoms with Gasteiger partial charge in [0.25, 0.3) is 0 Å². The second-order valence-corrected chi connectivity index (χ2v) is 6.28. The predicted octanol–water partition coefficient (Wildman–Crippen LogP) is 2.08. The van der Waals surface area contributed by atoms with Crippen molar-refractivity contribution in [3.05, 3.63) is 54.4 Å². The van der Waals surface area contributed by atoms with Crippen LogP contribution in [0.4, 0.5) is 0 Å². The van der Waals surface area contributed by atoms with Gasteiger partial charge in [0.1, 0.15) is 5.82 Å². The number of halogens is 1. The van der Waals surface area contributed by atoms with Crippen LogP contribution in [-0.4, -0.2) is 50.8 Å². The molecule has 1 N–H and O–H groups in total. The highest BCUT2D eigenvalue weighted by molar-refractivity contribution is 5.85. The van der Waals surface area contributed by atoms with Gasteiger partial charge < -0.3 is 14.4 Å². The van der Waals surface area contributed by atoms with E-state index in [1.807, 2.05) is 49.8 Å². The molecule has 0 amide bonds. The van der Waals surface area contributed by atoms with E-state index >= 15 is 0 Å². The van der Waals surface area contributed by atoms with E-state index < -0.39 is 0 Å². The van der Waals surface area contributed by atoms with Gasteiger partial charge in [0.15, 0.2) is 0 Å². The number of benzene rings is 1. The van der Waals surface area contributed by atoms with Crippen molar-refractivity contribution in [3.63, 3.8) is 0 Å². The third-order valence-electron chi connectivity index (χ3n) is 4.62. The van der Waals surface area contributed by atoms with Crippen molar-refractivity contribution in [1.29, 1.82) is 0 Å². The first-order valence-corrected chi connectivity index (χ1v) is 8.61. The van der Waals surface area contributed by atoms with Crippen molar-refractivity contribution >= 4 is 12.4 Å². The molecule has 1 fully saturated rings. The Morgan fingerprint density at radius 2 is 2.12 bits per heavy atom. The minimum atomic E-state index is 0. The minimum absolute atomic E-state index is 0. The zero-order chi connectivity index (χ0) is 17.1. The Morgan fingerprint density at radius 1 is 1.27 bits per heavy atom. The van der Waals surface area contributed by atoms with Gasteiger partial charge in [-0.2, -0.15) is 4.98 Å². The maximum absolute atomic E-state index is 5.44. The van der Waals surface area contributed by atoms with Gasteiger partial charge in [-0.25, -0.2) is 4.98 Å². The highest BCUT2D eigenvalue weighted by Gasteiger charge is 2.26. The van der Waals surface area contributed by atoms with Crippen LogP contribution in [-0.2, 0) is 13.5 Å². The Labute approximate surface area is 158 Å². The fourth-order valence-electron chi connectivity index (χ4n) is 3.27. The van der Waals surface area contributed by atoms with E-state index in [2.05, 4.69) is 29.9 Å². The number of aryl methyl sites for hydroxylation is 1. The molecular weight excluding hydrogens is 352 g/mol. The summed E-state index contributed by atoms with van der Waals surface area (Å²) >= 11 is 0. The number of rotatable bonds is 5. The summed E-state index contributed by atoms with van der Waals surface area (Å²) < 4.78 is 7.52. The summed E-state index contributed by atoms with van der Waals surface area (Å²) in [5.41, 5.74) is 0.977. The minimum Gasteiger partial charge on any atom is -0.339 e. The van der Waals surface area contributed by atoms with Crippen LogP contribution >= 0.6 is 12.4 Å². The largest absolute Gasteiger partial charge is 0.339 e. The quantitative estimate of drug-likeness (QED) is 0.737. The molecule has 3 heterocycles. The lowest BCUT2D eigenvalue weighted by Crippen LogP contribution is -2.47. The summed E-state index contributed by atoms with van der Waals surface area (Å²) in [7, 11) is 2.04. The number of piperazine rings is 1. The monoisotopic (exact) mass is 374 g/mol. The first-order chi connectivity index (χ1) is 12.3. The Kier molecular flexibility index (Phi) is 6.03. The summed E-state index contributed by atoms with van der Waals surface area (Å²) in [6.45, 7) is 3.75. The van der Waals surface area contributed by atoms with Crippen LogP contribution in [0.25, 0.3) is 11.4 Å². The van der Waals surface area contributed by atoms with Crippen molar-refractivity contribution in [3.8, 4) is 11.4 Å². The fourth-order valence-corrected chi connectivity index (χ4v) is 3.27. The van der Waals surface area contributed by atoms with Crippen LogP contribution in [0.2, 0.25) is 0 Å². The molecule has 1 aromatic carbocycles. The molecule has 1 atom stereocenters. The van der Waals surface area contributed by atoms with Crippen molar-refractivity contribution in [2.75, 3.05) is 26.2 Å². The van der Waals surface area contributed by atoms with Gasteiger partial charge in [-0.05, 0) is 0 Å². The standard InChI is InChI=1S/C18H22N6O.ClH/c1-23-11-9-20-18(23)15-13-19-8-12-24(15)10-7-16-21-17(22-25-16)14-5-3-2-4-6-14;/h2-6,9,11,15,19H,7-8,10,12-13H2,1H3;1H. The number of nitrogens with one attached hydrogen (secondary N) is 1. The van der Waals surface area contributed by atoms with Crippen LogP contribution < -0.4 is 5.32 Å². The smallest absolute Gasteiger partial charge is 0.228 e. The molecule has 0 spiro atoms.